The average Bonchev–Trinajstić information content (AvgIpc) is 3.29. The summed E-state index contributed by atoms with van der Waals surface area (Å²) in [4.78, 5) is 21.1. The van der Waals surface area contributed by atoms with Crippen LogP contribution < -0.4 is 0 Å². The zero-order valence-corrected chi connectivity index (χ0v) is 21.0. The lowest BCUT2D eigenvalue weighted by atomic mass is 10.1. The molecule has 0 saturated carbocycles. The molecule has 0 fully saturated rings. The van der Waals surface area contributed by atoms with Crippen LogP contribution in [-0.2, 0) is 17.6 Å². The first-order valence-corrected chi connectivity index (χ1v) is 11.0. The Morgan fingerprint density at radius 1 is 1.15 bits per heavy atom. The largest absolute Gasteiger partial charge is 0.456 e. The number of aliphatic hydroxyl groups is 1. The summed E-state index contributed by atoms with van der Waals surface area (Å²) < 4.78 is 10.8. The maximum absolute atomic E-state index is 12.3. The second kappa shape index (κ2) is 15.5. The lowest BCUT2D eigenvalue weighted by Crippen LogP contribution is -2.24. The van der Waals surface area contributed by atoms with Crippen LogP contribution in [0.5, 0.6) is 0 Å². The van der Waals surface area contributed by atoms with Crippen LogP contribution in [0, 0.1) is 0 Å². The smallest absolute Gasteiger partial charge is 0.340 e. The maximum atomic E-state index is 12.3. The molecule has 0 amide bonds. The molecule has 3 aromatic rings. The van der Waals surface area contributed by atoms with Gasteiger partial charge >= 0.3 is 5.97 Å². The number of benzene rings is 1. The van der Waals surface area contributed by atoms with Crippen LogP contribution in [0.1, 0.15) is 68.4 Å². The Labute approximate surface area is 202 Å². The molecular formula is C26H37N3O5. The molecule has 3 N–H and O–H groups in total. The number of esters is 1. The number of ether oxygens (including phenoxy) is 1. The number of hydrogen-bond acceptors (Lipinski definition) is 7. The number of aryl methyl sites for hydroxylation is 2. The molecule has 186 valence electrons. The van der Waals surface area contributed by atoms with E-state index in [-0.39, 0.29) is 5.48 Å². The summed E-state index contributed by atoms with van der Waals surface area (Å²) in [6, 6.07) is 11.9. The first-order chi connectivity index (χ1) is 15.9. The molecule has 1 aromatic carbocycles. The van der Waals surface area contributed by atoms with E-state index in [4.69, 9.17) is 14.4 Å². The Kier molecular flexibility index (Phi) is 13.9. The molecule has 0 unspecified atom stereocenters. The molecule has 0 saturated heterocycles. The van der Waals surface area contributed by atoms with Crippen molar-refractivity contribution in [2.24, 2.45) is 0 Å². The highest BCUT2D eigenvalue weighted by Crippen LogP contribution is 2.22. The van der Waals surface area contributed by atoms with Gasteiger partial charge in [-0.1, -0.05) is 62.0 Å². The van der Waals surface area contributed by atoms with E-state index in [0.717, 1.165) is 20.0 Å². The highest BCUT2D eigenvalue weighted by molar-refractivity contribution is 5.90. The van der Waals surface area contributed by atoms with Crippen LogP contribution in [0.15, 0.2) is 53.7 Å². The minimum atomic E-state index is -0.577. The highest BCUT2D eigenvalue weighted by Gasteiger charge is 2.20. The molecule has 0 radical (unpaired) electrons. The fourth-order valence-electron chi connectivity index (χ4n) is 2.81. The number of aliphatic hydroxyl groups excluding tert-OH is 1. The number of nitrogens with zero attached hydrogens (tertiary/aromatic N) is 3. The summed E-state index contributed by atoms with van der Waals surface area (Å²) in [5.74, 6) is 0.503. The zero-order valence-electron chi connectivity index (χ0n) is 21.0. The third-order valence-corrected chi connectivity index (χ3v) is 4.15. The van der Waals surface area contributed by atoms with Crippen molar-refractivity contribution in [1.29, 1.82) is 0 Å². The predicted molar refractivity (Wildman–Crippen MR) is 134 cm³/mol. The van der Waals surface area contributed by atoms with Gasteiger partial charge in [0.25, 0.3) is 0 Å². The van der Waals surface area contributed by atoms with Crippen LogP contribution >= 0.6 is 0 Å². The topological polar surface area (TPSA) is 130 Å². The van der Waals surface area contributed by atoms with E-state index < -0.39 is 11.6 Å². The molecular weight excluding hydrogens is 434 g/mol. The van der Waals surface area contributed by atoms with Crippen molar-refractivity contribution in [2.75, 3.05) is 7.11 Å². The lowest BCUT2D eigenvalue weighted by molar-refractivity contribution is 0.00690. The van der Waals surface area contributed by atoms with Crippen LogP contribution in [0.2, 0.25) is 0 Å². The van der Waals surface area contributed by atoms with E-state index in [1.165, 1.54) is 11.8 Å². The molecule has 8 nitrogen and oxygen atoms in total. The van der Waals surface area contributed by atoms with E-state index in [9.17, 15) is 4.79 Å². The van der Waals surface area contributed by atoms with Gasteiger partial charge in [0, 0.05) is 25.3 Å². The maximum Gasteiger partial charge on any atom is 0.340 e. The molecule has 0 aliphatic heterocycles. The van der Waals surface area contributed by atoms with E-state index in [0.29, 0.717) is 35.0 Å². The standard InChI is InChI=1S/C23H25N3O3.C2H6.CH4O.H2O/c1-5-17-14-18(22(27)28-23(2,3)4)15-24-20(17)21-25-19(29-26-21)13-9-12-16-10-7-6-8-11-16;2*1-2;/h5-8,10-11,14-15H,1,9,12-13H2,2-4H3;1-2H3;2H,1H3;1H2. The summed E-state index contributed by atoms with van der Waals surface area (Å²) in [6.07, 6.45) is 5.61. The average molecular weight is 472 g/mol. The Morgan fingerprint density at radius 3 is 2.38 bits per heavy atom. The van der Waals surface area contributed by atoms with Gasteiger partial charge in [-0.2, -0.15) is 4.98 Å². The van der Waals surface area contributed by atoms with E-state index in [2.05, 4.69) is 33.8 Å². The van der Waals surface area contributed by atoms with Gasteiger partial charge in [-0.25, -0.2) is 4.79 Å². The number of carbonyl (C=O) groups is 1. The van der Waals surface area contributed by atoms with Gasteiger partial charge in [-0.15, -0.1) is 0 Å². The fourth-order valence-corrected chi connectivity index (χ4v) is 2.81. The number of aromatic nitrogens is 3. The third kappa shape index (κ3) is 9.64. The van der Waals surface area contributed by atoms with Crippen LogP contribution in [0.3, 0.4) is 0 Å². The summed E-state index contributed by atoms with van der Waals surface area (Å²) in [6.45, 7) is 13.3. The van der Waals surface area contributed by atoms with Crippen molar-refractivity contribution >= 4 is 12.0 Å². The zero-order chi connectivity index (χ0) is 24.9. The molecule has 2 aromatic heterocycles. The van der Waals surface area contributed by atoms with Crippen molar-refractivity contribution in [3.63, 3.8) is 0 Å². The number of carbonyl (C=O) groups excluding carboxylic acids is 1. The fraction of sp³-hybridized carbons (Fsp3) is 0.385. The Balaban J connectivity index is 0.00000207. The molecule has 0 aliphatic rings. The van der Waals surface area contributed by atoms with Crippen molar-refractivity contribution in [1.82, 2.24) is 15.1 Å². The van der Waals surface area contributed by atoms with Crippen LogP contribution in [-0.4, -0.2) is 44.4 Å². The van der Waals surface area contributed by atoms with Gasteiger partial charge in [0.2, 0.25) is 11.7 Å². The van der Waals surface area contributed by atoms with Crippen LogP contribution in [0.25, 0.3) is 17.6 Å². The first kappa shape index (κ1) is 30.6. The monoisotopic (exact) mass is 471 g/mol. The van der Waals surface area contributed by atoms with Crippen molar-refractivity contribution in [2.45, 2.75) is 59.5 Å². The van der Waals surface area contributed by atoms with Gasteiger partial charge < -0.3 is 19.8 Å². The molecule has 3 rings (SSSR count). The molecule has 0 atom stereocenters. The highest BCUT2D eigenvalue weighted by atomic mass is 16.6. The summed E-state index contributed by atoms with van der Waals surface area (Å²) in [5, 5.41) is 11.0. The Hall–Kier alpha value is -3.36. The van der Waals surface area contributed by atoms with Crippen molar-refractivity contribution in [3.05, 3.63) is 71.8 Å². The van der Waals surface area contributed by atoms with E-state index in [1.54, 1.807) is 12.1 Å². The summed E-state index contributed by atoms with van der Waals surface area (Å²) in [7, 11) is 1.00. The van der Waals surface area contributed by atoms with Gasteiger partial charge in [-0.3, -0.25) is 4.98 Å². The first-order valence-electron chi connectivity index (χ1n) is 11.0. The van der Waals surface area contributed by atoms with Crippen molar-refractivity contribution in [3.8, 4) is 11.5 Å². The van der Waals surface area contributed by atoms with Crippen molar-refractivity contribution < 1.29 is 24.6 Å². The van der Waals surface area contributed by atoms with Crippen LogP contribution in [0.4, 0.5) is 0 Å². The van der Waals surface area contributed by atoms with Gasteiger partial charge in [0.1, 0.15) is 11.3 Å². The molecule has 0 bridgehead atoms. The minimum Gasteiger partial charge on any atom is -0.456 e. The molecule has 2 heterocycles. The second-order valence-electron chi connectivity index (χ2n) is 7.72. The Morgan fingerprint density at radius 2 is 1.79 bits per heavy atom. The van der Waals surface area contributed by atoms with Gasteiger partial charge in [0.05, 0.1) is 5.56 Å². The molecule has 34 heavy (non-hydrogen) atoms. The summed E-state index contributed by atoms with van der Waals surface area (Å²) in [5.41, 5.74) is 2.22. The minimum absolute atomic E-state index is 0. The Bertz CT molecular complexity index is 995. The third-order valence-electron chi connectivity index (χ3n) is 4.15. The number of pyridine rings is 1. The molecule has 8 heteroatoms. The van der Waals surface area contributed by atoms with Gasteiger partial charge in [0.15, 0.2) is 0 Å². The number of rotatable bonds is 7. The quantitative estimate of drug-likeness (QED) is 0.494. The summed E-state index contributed by atoms with van der Waals surface area (Å²) >= 11 is 0. The molecule has 0 aliphatic carbocycles. The second-order valence-corrected chi connectivity index (χ2v) is 7.72. The lowest BCUT2D eigenvalue weighted by Gasteiger charge is -2.19. The predicted octanol–water partition coefficient (Wildman–Crippen LogP) is 4.72. The van der Waals surface area contributed by atoms with Gasteiger partial charge in [-0.05, 0) is 45.2 Å². The van der Waals surface area contributed by atoms with E-state index >= 15 is 0 Å². The SMILES string of the molecule is C=Cc1cc(C(=O)OC(C)(C)C)cnc1-c1noc(CCCc2ccccc2)n1.CC.CO.O. The number of hydrogen-bond donors (Lipinski definition) is 1. The molecule has 0 spiro atoms. The normalized spacial score (nSPS) is 9.97. The van der Waals surface area contributed by atoms with E-state index in [1.807, 2.05) is 52.8 Å².